The zero-order chi connectivity index (χ0) is 18.4. The van der Waals surface area contributed by atoms with Gasteiger partial charge in [0.2, 0.25) is 10.0 Å². The van der Waals surface area contributed by atoms with E-state index in [1.54, 1.807) is 18.3 Å². The quantitative estimate of drug-likeness (QED) is 0.547. The highest BCUT2D eigenvalue weighted by Crippen LogP contribution is 2.13. The number of pyridine rings is 1. The molecule has 0 saturated heterocycles. The normalized spacial score (nSPS) is 11.5. The largest absolute Gasteiger partial charge is 0.345 e. The summed E-state index contributed by atoms with van der Waals surface area (Å²) in [4.78, 5) is 16.1. The fraction of sp³-hybridized carbons (Fsp3) is 0.0625. The van der Waals surface area contributed by atoms with Crippen molar-refractivity contribution in [3.8, 4) is 6.07 Å². The third kappa shape index (κ3) is 5.13. The number of nitriles is 1. The van der Waals surface area contributed by atoms with Crippen LogP contribution in [0, 0.1) is 18.3 Å². The minimum absolute atomic E-state index is 0.0753. The van der Waals surface area contributed by atoms with Gasteiger partial charge in [-0.3, -0.25) is 4.79 Å². The lowest BCUT2D eigenvalue weighted by Gasteiger charge is -2.06. The zero-order valence-electron chi connectivity index (χ0n) is 13.2. The van der Waals surface area contributed by atoms with E-state index in [1.807, 2.05) is 13.0 Å². The van der Waals surface area contributed by atoms with E-state index in [-0.39, 0.29) is 10.5 Å². The van der Waals surface area contributed by atoms with Gasteiger partial charge in [-0.15, -0.1) is 0 Å². The molecule has 0 bridgehead atoms. The Morgan fingerprint density at radius 3 is 2.44 bits per heavy atom. The third-order valence-electron chi connectivity index (χ3n) is 3.08. The number of nitrogens with one attached hydrogen (secondary N) is 2. The van der Waals surface area contributed by atoms with Crippen LogP contribution >= 0.6 is 0 Å². The van der Waals surface area contributed by atoms with E-state index in [0.717, 1.165) is 5.56 Å². The minimum Gasteiger partial charge on any atom is -0.345 e. The van der Waals surface area contributed by atoms with Crippen molar-refractivity contribution in [1.29, 1.82) is 5.26 Å². The number of sulfonamides is 1. The lowest BCUT2D eigenvalue weighted by Crippen LogP contribution is -2.15. The molecular weight excluding hydrogens is 342 g/mol. The second kappa shape index (κ2) is 7.57. The fourth-order valence-electron chi connectivity index (χ4n) is 1.77. The number of amides is 1. The molecule has 0 unspecified atom stereocenters. The number of carbonyl (C=O) groups excluding carboxylic acids is 1. The van der Waals surface area contributed by atoms with Crippen molar-refractivity contribution in [2.24, 2.45) is 5.14 Å². The summed E-state index contributed by atoms with van der Waals surface area (Å²) < 4.78 is 22.4. The molecule has 1 aromatic heterocycles. The molecule has 0 aliphatic rings. The molecule has 0 radical (unpaired) electrons. The van der Waals surface area contributed by atoms with Crippen molar-refractivity contribution in [3.63, 3.8) is 0 Å². The molecule has 1 amide bonds. The Balaban J connectivity index is 2.08. The predicted octanol–water partition coefficient (Wildman–Crippen LogP) is 1.50. The van der Waals surface area contributed by atoms with E-state index < -0.39 is 15.9 Å². The van der Waals surface area contributed by atoms with Gasteiger partial charge in [-0.2, -0.15) is 5.26 Å². The molecular formula is C16H15N5O3S. The SMILES string of the molecule is Cc1ccc(N/C=C(/C#N)C(=O)Nc2ccc(S(N)(=O)=O)cc2)nc1. The van der Waals surface area contributed by atoms with Crippen LogP contribution in [0.5, 0.6) is 0 Å². The van der Waals surface area contributed by atoms with E-state index in [0.29, 0.717) is 11.5 Å². The topological polar surface area (TPSA) is 138 Å². The van der Waals surface area contributed by atoms with Gasteiger partial charge in [0.05, 0.1) is 4.90 Å². The van der Waals surface area contributed by atoms with Crippen molar-refractivity contribution in [3.05, 3.63) is 59.9 Å². The predicted molar refractivity (Wildman–Crippen MR) is 92.7 cm³/mol. The summed E-state index contributed by atoms with van der Waals surface area (Å²) in [5, 5.41) is 19.4. The summed E-state index contributed by atoms with van der Waals surface area (Å²) in [7, 11) is -3.80. The molecule has 2 aromatic rings. The van der Waals surface area contributed by atoms with Crippen LogP contribution in [-0.2, 0) is 14.8 Å². The number of benzene rings is 1. The van der Waals surface area contributed by atoms with Crippen LogP contribution in [0.25, 0.3) is 0 Å². The van der Waals surface area contributed by atoms with Crippen molar-refractivity contribution in [2.75, 3.05) is 10.6 Å². The van der Waals surface area contributed by atoms with Crippen LogP contribution in [0.15, 0.2) is 59.3 Å². The average molecular weight is 357 g/mol. The van der Waals surface area contributed by atoms with Gasteiger partial charge in [0.15, 0.2) is 0 Å². The lowest BCUT2D eigenvalue weighted by molar-refractivity contribution is -0.112. The molecule has 128 valence electrons. The zero-order valence-corrected chi connectivity index (χ0v) is 14.0. The molecule has 0 saturated carbocycles. The average Bonchev–Trinajstić information content (AvgIpc) is 2.56. The van der Waals surface area contributed by atoms with Gasteiger partial charge in [0.1, 0.15) is 17.5 Å². The third-order valence-corrected chi connectivity index (χ3v) is 4.01. The molecule has 9 heteroatoms. The molecule has 0 fully saturated rings. The first kappa shape index (κ1) is 18.1. The first-order chi connectivity index (χ1) is 11.8. The van der Waals surface area contributed by atoms with Gasteiger partial charge in [-0.25, -0.2) is 18.5 Å². The second-order valence-corrected chi connectivity index (χ2v) is 6.62. The van der Waals surface area contributed by atoms with Gasteiger partial charge in [-0.05, 0) is 42.8 Å². The van der Waals surface area contributed by atoms with Gasteiger partial charge >= 0.3 is 0 Å². The Bertz CT molecular complexity index is 943. The van der Waals surface area contributed by atoms with Crippen molar-refractivity contribution >= 4 is 27.4 Å². The Kier molecular flexibility index (Phi) is 5.49. The van der Waals surface area contributed by atoms with E-state index in [4.69, 9.17) is 10.4 Å². The van der Waals surface area contributed by atoms with Gasteiger partial charge < -0.3 is 10.6 Å². The summed E-state index contributed by atoms with van der Waals surface area (Å²) >= 11 is 0. The molecule has 2 rings (SSSR count). The highest BCUT2D eigenvalue weighted by Gasteiger charge is 2.11. The number of aryl methyl sites for hydroxylation is 1. The van der Waals surface area contributed by atoms with Crippen molar-refractivity contribution in [2.45, 2.75) is 11.8 Å². The summed E-state index contributed by atoms with van der Waals surface area (Å²) in [6, 6.07) is 10.6. The summed E-state index contributed by atoms with van der Waals surface area (Å²) in [6.45, 7) is 1.89. The van der Waals surface area contributed by atoms with E-state index >= 15 is 0 Å². The van der Waals surface area contributed by atoms with E-state index in [1.165, 1.54) is 30.5 Å². The van der Waals surface area contributed by atoms with Crippen LogP contribution in [0.1, 0.15) is 5.56 Å². The van der Waals surface area contributed by atoms with Gasteiger partial charge in [0, 0.05) is 18.1 Å². The molecule has 25 heavy (non-hydrogen) atoms. The maximum atomic E-state index is 12.1. The number of anilines is 2. The van der Waals surface area contributed by atoms with Crippen molar-refractivity contribution in [1.82, 2.24) is 4.98 Å². The summed E-state index contributed by atoms with van der Waals surface area (Å²) in [5.74, 6) is -0.158. The summed E-state index contributed by atoms with van der Waals surface area (Å²) in [6.07, 6.45) is 2.89. The van der Waals surface area contributed by atoms with E-state index in [9.17, 15) is 13.2 Å². The Labute approximate surface area is 145 Å². The number of carbonyl (C=O) groups is 1. The molecule has 0 aliphatic carbocycles. The Morgan fingerprint density at radius 2 is 1.92 bits per heavy atom. The number of hydrogen-bond donors (Lipinski definition) is 3. The van der Waals surface area contributed by atoms with E-state index in [2.05, 4.69) is 15.6 Å². The number of hydrogen-bond acceptors (Lipinski definition) is 6. The molecule has 4 N–H and O–H groups in total. The first-order valence-corrected chi connectivity index (χ1v) is 8.58. The highest BCUT2D eigenvalue weighted by atomic mass is 32.2. The van der Waals surface area contributed by atoms with Crippen LogP contribution in [0.3, 0.4) is 0 Å². The Morgan fingerprint density at radius 1 is 1.24 bits per heavy atom. The van der Waals surface area contributed by atoms with Crippen LogP contribution in [0.2, 0.25) is 0 Å². The fourth-order valence-corrected chi connectivity index (χ4v) is 2.29. The maximum absolute atomic E-state index is 12.1. The standard InChI is InChI=1S/C16H15N5O3S/c1-11-2-7-15(19-9-11)20-10-12(8-17)16(22)21-13-3-5-14(6-4-13)25(18,23)24/h2-7,9-10H,1H3,(H,19,20)(H,21,22)(H2,18,23,24)/b12-10-. The number of rotatable bonds is 5. The van der Waals surface area contributed by atoms with Crippen LogP contribution in [0.4, 0.5) is 11.5 Å². The number of primary sulfonamides is 1. The Hall–Kier alpha value is -3.22. The van der Waals surface area contributed by atoms with Crippen LogP contribution < -0.4 is 15.8 Å². The van der Waals surface area contributed by atoms with Crippen LogP contribution in [-0.4, -0.2) is 19.3 Å². The number of aromatic nitrogens is 1. The minimum atomic E-state index is -3.80. The van der Waals surface area contributed by atoms with Gasteiger partial charge in [-0.1, -0.05) is 6.07 Å². The molecule has 0 atom stereocenters. The maximum Gasteiger partial charge on any atom is 0.267 e. The molecule has 8 nitrogen and oxygen atoms in total. The number of nitrogens with two attached hydrogens (primary N) is 1. The molecule has 0 spiro atoms. The number of nitrogens with zero attached hydrogens (tertiary/aromatic N) is 2. The molecule has 1 aromatic carbocycles. The smallest absolute Gasteiger partial charge is 0.267 e. The monoisotopic (exact) mass is 357 g/mol. The first-order valence-electron chi connectivity index (χ1n) is 7.03. The summed E-state index contributed by atoms with van der Waals surface area (Å²) in [5.41, 5.74) is 1.14. The van der Waals surface area contributed by atoms with Crippen molar-refractivity contribution < 1.29 is 13.2 Å². The lowest BCUT2D eigenvalue weighted by atomic mass is 10.2. The molecule has 0 aliphatic heterocycles. The second-order valence-electron chi connectivity index (χ2n) is 5.06. The molecule has 1 heterocycles. The van der Waals surface area contributed by atoms with Gasteiger partial charge in [0.25, 0.3) is 5.91 Å². The highest BCUT2D eigenvalue weighted by molar-refractivity contribution is 7.89.